The third kappa shape index (κ3) is 5.15. The van der Waals surface area contributed by atoms with Crippen LogP contribution in [0.2, 0.25) is 0 Å². The summed E-state index contributed by atoms with van der Waals surface area (Å²) in [7, 11) is 0. The van der Waals surface area contributed by atoms with Crippen LogP contribution in [0.1, 0.15) is 46.3 Å². The van der Waals surface area contributed by atoms with Crippen molar-refractivity contribution >= 4 is 40.0 Å². The fourth-order valence-corrected chi connectivity index (χ4v) is 5.14. The van der Waals surface area contributed by atoms with Crippen LogP contribution in [0.4, 0.5) is 10.7 Å². The lowest BCUT2D eigenvalue weighted by Gasteiger charge is -2.12. The van der Waals surface area contributed by atoms with Crippen molar-refractivity contribution in [1.82, 2.24) is 0 Å². The van der Waals surface area contributed by atoms with Crippen LogP contribution in [0.3, 0.4) is 0 Å². The zero-order valence-electron chi connectivity index (χ0n) is 18.8. The number of thiophene rings is 1. The molecule has 0 fully saturated rings. The maximum absolute atomic E-state index is 12.9. The van der Waals surface area contributed by atoms with Crippen LogP contribution in [-0.4, -0.2) is 23.4 Å². The molecule has 9 nitrogen and oxygen atoms in total. The van der Waals surface area contributed by atoms with Crippen molar-refractivity contribution in [2.75, 3.05) is 11.9 Å². The summed E-state index contributed by atoms with van der Waals surface area (Å²) in [5, 5.41) is 23.5. The molecular formula is C25H21N3O6S. The number of benzene rings is 1. The molecule has 0 spiro atoms. The van der Waals surface area contributed by atoms with Crippen molar-refractivity contribution in [3.63, 3.8) is 0 Å². The molecule has 1 aromatic carbocycles. The summed E-state index contributed by atoms with van der Waals surface area (Å²) in [5.41, 5.74) is 1.66. The van der Waals surface area contributed by atoms with E-state index < -0.39 is 16.8 Å². The molecule has 1 aliphatic rings. The molecule has 0 radical (unpaired) electrons. The average Bonchev–Trinajstić information content (AvgIpc) is 3.47. The van der Waals surface area contributed by atoms with Gasteiger partial charge in [0.1, 0.15) is 28.2 Å². The van der Waals surface area contributed by atoms with Crippen molar-refractivity contribution in [2.45, 2.75) is 32.6 Å². The number of nitro groups is 1. The predicted molar refractivity (Wildman–Crippen MR) is 130 cm³/mol. The lowest BCUT2D eigenvalue weighted by molar-refractivity contribution is -0.384. The smallest absolute Gasteiger partial charge is 0.341 e. The second-order valence-electron chi connectivity index (χ2n) is 7.77. The van der Waals surface area contributed by atoms with Crippen LogP contribution in [0.25, 0.3) is 17.4 Å². The van der Waals surface area contributed by atoms with Crippen LogP contribution in [0, 0.1) is 21.4 Å². The maximum atomic E-state index is 12.9. The molecular weight excluding hydrogens is 470 g/mol. The van der Waals surface area contributed by atoms with Crippen molar-refractivity contribution < 1.29 is 23.7 Å². The Morgan fingerprint density at radius 3 is 2.66 bits per heavy atom. The van der Waals surface area contributed by atoms with Crippen molar-refractivity contribution in [2.24, 2.45) is 0 Å². The van der Waals surface area contributed by atoms with E-state index >= 15 is 0 Å². The summed E-state index contributed by atoms with van der Waals surface area (Å²) in [6, 6.07) is 11.0. The Bertz CT molecular complexity index is 1360. The number of rotatable bonds is 7. The van der Waals surface area contributed by atoms with Gasteiger partial charge in [0.25, 0.3) is 11.6 Å². The fourth-order valence-electron chi connectivity index (χ4n) is 3.87. The van der Waals surface area contributed by atoms with Gasteiger partial charge in [0.05, 0.1) is 17.1 Å². The molecule has 35 heavy (non-hydrogen) atoms. The van der Waals surface area contributed by atoms with Crippen molar-refractivity contribution in [1.29, 1.82) is 5.26 Å². The zero-order chi connectivity index (χ0) is 24.9. The lowest BCUT2D eigenvalue weighted by atomic mass is 9.95. The number of carbonyl (C=O) groups excluding carboxylic acids is 2. The van der Waals surface area contributed by atoms with Gasteiger partial charge in [-0.25, -0.2) is 4.79 Å². The monoisotopic (exact) mass is 491 g/mol. The number of ether oxygens (including phenoxy) is 1. The Labute approximate surface area is 204 Å². The number of nitrogens with zero attached hydrogens (tertiary/aromatic N) is 2. The van der Waals surface area contributed by atoms with Gasteiger partial charge in [-0.15, -0.1) is 11.3 Å². The molecule has 4 rings (SSSR count). The normalized spacial score (nSPS) is 13.0. The van der Waals surface area contributed by atoms with E-state index in [0.29, 0.717) is 21.9 Å². The number of non-ortho nitro benzene ring substituents is 1. The van der Waals surface area contributed by atoms with E-state index in [1.807, 2.05) is 6.07 Å². The first-order valence-electron chi connectivity index (χ1n) is 11.0. The number of carbonyl (C=O) groups is 2. The molecule has 1 amide bonds. The Kier molecular flexibility index (Phi) is 7.08. The first kappa shape index (κ1) is 23.9. The summed E-state index contributed by atoms with van der Waals surface area (Å²) in [6.07, 6.45) is 4.86. The molecule has 2 aromatic heterocycles. The number of nitriles is 1. The van der Waals surface area contributed by atoms with Gasteiger partial charge in [0.2, 0.25) is 0 Å². The zero-order valence-corrected chi connectivity index (χ0v) is 19.6. The number of aryl methyl sites for hydroxylation is 1. The first-order chi connectivity index (χ1) is 16.9. The quantitative estimate of drug-likeness (QED) is 0.151. The van der Waals surface area contributed by atoms with Crippen LogP contribution >= 0.6 is 11.3 Å². The average molecular weight is 492 g/mol. The Morgan fingerprint density at radius 2 is 1.97 bits per heavy atom. The molecule has 10 heteroatoms. The SMILES string of the molecule is CCOC(=O)c1c(NC(=O)/C(C#N)=C/c2ccc(-c3ccc([N+](=O)[O-])cc3)o2)sc2c1CCCC2. The van der Waals surface area contributed by atoms with Crippen LogP contribution in [0.5, 0.6) is 0 Å². The van der Waals surface area contributed by atoms with Crippen molar-refractivity contribution in [3.8, 4) is 17.4 Å². The summed E-state index contributed by atoms with van der Waals surface area (Å²) >= 11 is 1.34. The Balaban J connectivity index is 1.57. The highest BCUT2D eigenvalue weighted by Crippen LogP contribution is 2.39. The number of esters is 1. The third-order valence-corrected chi connectivity index (χ3v) is 6.73. The molecule has 1 aliphatic carbocycles. The van der Waals surface area contributed by atoms with Gasteiger partial charge in [-0.2, -0.15) is 5.26 Å². The van der Waals surface area contributed by atoms with E-state index in [0.717, 1.165) is 36.1 Å². The van der Waals surface area contributed by atoms with Crippen molar-refractivity contribution in [3.05, 3.63) is 73.8 Å². The molecule has 2 heterocycles. The minimum absolute atomic E-state index is 0.0405. The Hall–Kier alpha value is -4.23. The molecule has 3 aromatic rings. The number of anilines is 1. The second kappa shape index (κ2) is 10.4. The van der Waals surface area contributed by atoms with E-state index in [4.69, 9.17) is 9.15 Å². The number of nitro benzene ring substituents is 1. The van der Waals surface area contributed by atoms with E-state index in [1.54, 1.807) is 31.2 Å². The number of hydrogen-bond donors (Lipinski definition) is 1. The first-order valence-corrected chi connectivity index (χ1v) is 11.8. The molecule has 0 unspecified atom stereocenters. The molecule has 1 N–H and O–H groups in total. The minimum atomic E-state index is -0.662. The second-order valence-corrected chi connectivity index (χ2v) is 8.87. The highest BCUT2D eigenvalue weighted by Gasteiger charge is 2.28. The molecule has 0 saturated carbocycles. The third-order valence-electron chi connectivity index (χ3n) is 5.52. The summed E-state index contributed by atoms with van der Waals surface area (Å²) in [4.78, 5) is 36.9. The van der Waals surface area contributed by atoms with E-state index in [-0.39, 0.29) is 23.6 Å². The number of fused-ring (bicyclic) bond motifs is 1. The van der Waals surface area contributed by atoms with Crippen LogP contribution in [0.15, 0.2) is 46.4 Å². The minimum Gasteiger partial charge on any atom is -0.462 e. The molecule has 0 saturated heterocycles. The van der Waals surface area contributed by atoms with Gasteiger partial charge in [-0.3, -0.25) is 14.9 Å². The van der Waals surface area contributed by atoms with Gasteiger partial charge >= 0.3 is 5.97 Å². The summed E-state index contributed by atoms with van der Waals surface area (Å²) < 4.78 is 10.9. The topological polar surface area (TPSA) is 135 Å². The maximum Gasteiger partial charge on any atom is 0.341 e. The van der Waals surface area contributed by atoms with Gasteiger partial charge in [-0.05, 0) is 62.4 Å². The number of nitrogens with one attached hydrogen (secondary N) is 1. The number of furan rings is 1. The highest BCUT2D eigenvalue weighted by atomic mass is 32.1. The standard InChI is InChI=1S/C25H21N3O6S/c1-2-33-25(30)22-19-5-3-4-6-21(19)35-24(22)27-23(29)16(14-26)13-18-11-12-20(34-18)15-7-9-17(10-8-15)28(31)32/h7-13H,2-6H2,1H3,(H,27,29)/b16-13+. The van der Waals surface area contributed by atoms with Crippen LogP contribution in [-0.2, 0) is 22.4 Å². The lowest BCUT2D eigenvalue weighted by Crippen LogP contribution is -2.16. The van der Waals surface area contributed by atoms with E-state index in [2.05, 4.69) is 5.32 Å². The summed E-state index contributed by atoms with van der Waals surface area (Å²) in [6.45, 7) is 1.94. The van der Waals surface area contributed by atoms with E-state index in [1.165, 1.54) is 29.5 Å². The molecule has 0 bridgehead atoms. The van der Waals surface area contributed by atoms with Gasteiger partial charge in [0.15, 0.2) is 0 Å². The van der Waals surface area contributed by atoms with Crippen LogP contribution < -0.4 is 5.32 Å². The molecule has 0 atom stereocenters. The molecule has 178 valence electrons. The summed E-state index contributed by atoms with van der Waals surface area (Å²) in [5.74, 6) is -0.450. The van der Waals surface area contributed by atoms with Gasteiger partial charge in [-0.1, -0.05) is 0 Å². The van der Waals surface area contributed by atoms with Gasteiger partial charge in [0, 0.05) is 28.6 Å². The molecule has 0 aliphatic heterocycles. The van der Waals surface area contributed by atoms with E-state index in [9.17, 15) is 25.0 Å². The predicted octanol–water partition coefficient (Wildman–Crippen LogP) is 5.52. The fraction of sp³-hybridized carbons (Fsp3) is 0.240. The Morgan fingerprint density at radius 1 is 1.23 bits per heavy atom. The number of amides is 1. The highest BCUT2D eigenvalue weighted by molar-refractivity contribution is 7.17. The largest absolute Gasteiger partial charge is 0.462 e. The van der Waals surface area contributed by atoms with Gasteiger partial charge < -0.3 is 14.5 Å². The number of hydrogen-bond acceptors (Lipinski definition) is 8.